The van der Waals surface area contributed by atoms with Crippen molar-refractivity contribution in [3.63, 3.8) is 0 Å². The highest BCUT2D eigenvalue weighted by molar-refractivity contribution is 5.98. The van der Waals surface area contributed by atoms with Crippen LogP contribution in [0.3, 0.4) is 0 Å². The number of carbonyl (C=O) groups is 1. The van der Waals surface area contributed by atoms with E-state index in [2.05, 4.69) is 10.6 Å². The number of benzene rings is 2. The Balaban J connectivity index is 1.85. The second-order valence-corrected chi connectivity index (χ2v) is 4.76. The highest BCUT2D eigenvalue weighted by Gasteiger charge is 2.29. The largest absolute Gasteiger partial charge is 0.384 e. The summed E-state index contributed by atoms with van der Waals surface area (Å²) in [7, 11) is 0. The van der Waals surface area contributed by atoms with Crippen LogP contribution in [0.1, 0.15) is 11.5 Å². The van der Waals surface area contributed by atoms with Crippen LogP contribution in [0.4, 0.5) is 24.5 Å². The summed E-state index contributed by atoms with van der Waals surface area (Å²) >= 11 is 0. The lowest BCUT2D eigenvalue weighted by molar-refractivity contribution is -0.117. The van der Waals surface area contributed by atoms with E-state index in [1.54, 1.807) is 12.1 Å². The summed E-state index contributed by atoms with van der Waals surface area (Å²) in [6, 6.07) is 8.40. The lowest BCUT2D eigenvalue weighted by Crippen LogP contribution is -2.23. The molecule has 108 valence electrons. The smallest absolute Gasteiger partial charge is 0.233 e. The Kier molecular flexibility index (Phi) is 3.29. The lowest BCUT2D eigenvalue weighted by Gasteiger charge is -2.12. The summed E-state index contributed by atoms with van der Waals surface area (Å²) < 4.78 is 39.8. The number of para-hydroxylation sites is 1. The zero-order valence-electron chi connectivity index (χ0n) is 10.8. The molecule has 0 fully saturated rings. The number of fused-ring (bicyclic) bond motifs is 1. The minimum atomic E-state index is -1.34. The molecule has 2 N–H and O–H groups in total. The average Bonchev–Trinajstić information content (AvgIpc) is 2.88. The minimum Gasteiger partial charge on any atom is -0.384 e. The molecule has 6 heteroatoms. The third kappa shape index (κ3) is 2.44. The van der Waals surface area contributed by atoms with Gasteiger partial charge in [-0.15, -0.1) is 0 Å². The molecule has 0 bridgehead atoms. The van der Waals surface area contributed by atoms with Crippen molar-refractivity contribution < 1.29 is 18.0 Å². The summed E-state index contributed by atoms with van der Waals surface area (Å²) in [6.45, 7) is 0.352. The van der Waals surface area contributed by atoms with Crippen LogP contribution >= 0.6 is 0 Å². The summed E-state index contributed by atoms with van der Waals surface area (Å²) in [5, 5.41) is 5.29. The second-order valence-electron chi connectivity index (χ2n) is 4.76. The first-order valence-corrected chi connectivity index (χ1v) is 6.34. The normalized spacial score (nSPS) is 16.2. The molecule has 0 saturated heterocycles. The molecule has 1 aliphatic heterocycles. The van der Waals surface area contributed by atoms with Crippen LogP contribution < -0.4 is 10.6 Å². The number of carbonyl (C=O) groups excluding carboxylic acids is 1. The molecule has 21 heavy (non-hydrogen) atoms. The standard InChI is InChI=1S/C15H11F3N2O/c16-8-5-11(17)14(18)13(6-8)20-15(21)10-7-19-12-4-2-1-3-9(10)12/h1-6,10,19H,7H2,(H,20,21). The number of hydrogen-bond acceptors (Lipinski definition) is 2. The van der Waals surface area contributed by atoms with Gasteiger partial charge in [-0.2, -0.15) is 0 Å². The van der Waals surface area contributed by atoms with E-state index in [9.17, 15) is 18.0 Å². The number of amides is 1. The highest BCUT2D eigenvalue weighted by Crippen LogP contribution is 2.32. The van der Waals surface area contributed by atoms with Gasteiger partial charge in [-0.3, -0.25) is 4.79 Å². The molecular weight excluding hydrogens is 281 g/mol. The Morgan fingerprint density at radius 2 is 1.95 bits per heavy atom. The van der Waals surface area contributed by atoms with E-state index < -0.39 is 35.0 Å². The zero-order chi connectivity index (χ0) is 15.0. The Bertz CT molecular complexity index is 718. The fourth-order valence-electron chi connectivity index (χ4n) is 2.38. The molecule has 2 aromatic carbocycles. The molecule has 1 unspecified atom stereocenters. The van der Waals surface area contributed by atoms with Gasteiger partial charge in [0.1, 0.15) is 5.82 Å². The summed E-state index contributed by atoms with van der Waals surface area (Å²) in [5.74, 6) is -4.61. The topological polar surface area (TPSA) is 41.1 Å². The molecule has 0 radical (unpaired) electrons. The first-order chi connectivity index (χ1) is 10.1. The SMILES string of the molecule is O=C(Nc1cc(F)cc(F)c1F)C1CNc2ccccc21. The Morgan fingerprint density at radius 1 is 1.19 bits per heavy atom. The van der Waals surface area contributed by atoms with Gasteiger partial charge in [0.2, 0.25) is 5.91 Å². The van der Waals surface area contributed by atoms with Crippen molar-refractivity contribution in [2.45, 2.75) is 5.92 Å². The molecule has 3 rings (SSSR count). The van der Waals surface area contributed by atoms with Crippen molar-refractivity contribution in [1.29, 1.82) is 0 Å². The van der Waals surface area contributed by atoms with Gasteiger partial charge >= 0.3 is 0 Å². The van der Waals surface area contributed by atoms with E-state index in [-0.39, 0.29) is 0 Å². The maximum atomic E-state index is 13.6. The van der Waals surface area contributed by atoms with Gasteiger partial charge in [-0.1, -0.05) is 18.2 Å². The number of anilines is 2. The fraction of sp³-hybridized carbons (Fsp3) is 0.133. The van der Waals surface area contributed by atoms with Crippen molar-refractivity contribution in [2.24, 2.45) is 0 Å². The maximum Gasteiger partial charge on any atom is 0.233 e. The third-order valence-electron chi connectivity index (χ3n) is 3.40. The number of halogens is 3. The maximum absolute atomic E-state index is 13.6. The molecule has 3 nitrogen and oxygen atoms in total. The van der Waals surface area contributed by atoms with Gasteiger partial charge in [0.05, 0.1) is 11.6 Å². The molecular formula is C15H11F3N2O. The van der Waals surface area contributed by atoms with E-state index in [1.165, 1.54) is 0 Å². The van der Waals surface area contributed by atoms with Crippen molar-refractivity contribution >= 4 is 17.3 Å². The van der Waals surface area contributed by atoms with E-state index in [0.717, 1.165) is 17.3 Å². The van der Waals surface area contributed by atoms with E-state index in [0.29, 0.717) is 12.6 Å². The van der Waals surface area contributed by atoms with Crippen molar-refractivity contribution in [3.05, 3.63) is 59.4 Å². The monoisotopic (exact) mass is 292 g/mol. The van der Waals surface area contributed by atoms with Crippen molar-refractivity contribution in [3.8, 4) is 0 Å². The molecule has 1 aliphatic rings. The molecule has 0 spiro atoms. The van der Waals surface area contributed by atoms with E-state index in [4.69, 9.17) is 0 Å². The predicted octanol–water partition coefficient (Wildman–Crippen LogP) is 3.25. The summed E-state index contributed by atoms with van der Waals surface area (Å²) in [4.78, 5) is 12.2. The molecule has 0 aliphatic carbocycles. The molecule has 1 amide bonds. The van der Waals surface area contributed by atoms with Gasteiger partial charge in [-0.25, -0.2) is 13.2 Å². The van der Waals surface area contributed by atoms with Crippen LogP contribution in [0.5, 0.6) is 0 Å². The van der Waals surface area contributed by atoms with Crippen molar-refractivity contribution in [2.75, 3.05) is 17.2 Å². The van der Waals surface area contributed by atoms with Crippen LogP contribution in [0.25, 0.3) is 0 Å². The van der Waals surface area contributed by atoms with Gasteiger partial charge < -0.3 is 10.6 Å². The summed E-state index contributed by atoms with van der Waals surface area (Å²) in [5.41, 5.74) is 1.10. The number of nitrogens with one attached hydrogen (secondary N) is 2. The van der Waals surface area contributed by atoms with Gasteiger partial charge in [-0.05, 0) is 11.6 Å². The fourth-order valence-corrected chi connectivity index (χ4v) is 2.38. The Labute approximate surface area is 118 Å². The van der Waals surface area contributed by atoms with Crippen LogP contribution in [0.2, 0.25) is 0 Å². The predicted molar refractivity (Wildman–Crippen MR) is 72.6 cm³/mol. The van der Waals surface area contributed by atoms with Crippen molar-refractivity contribution in [1.82, 2.24) is 0 Å². The summed E-state index contributed by atoms with van der Waals surface area (Å²) in [6.07, 6.45) is 0. The van der Waals surface area contributed by atoms with Gasteiger partial charge in [0.25, 0.3) is 0 Å². The molecule has 0 aromatic heterocycles. The molecule has 1 heterocycles. The number of rotatable bonds is 2. The van der Waals surface area contributed by atoms with Crippen LogP contribution in [0.15, 0.2) is 36.4 Å². The van der Waals surface area contributed by atoms with E-state index in [1.807, 2.05) is 12.1 Å². The van der Waals surface area contributed by atoms with Crippen LogP contribution in [-0.4, -0.2) is 12.5 Å². The molecule has 1 atom stereocenters. The second kappa shape index (κ2) is 5.12. The van der Waals surface area contributed by atoms with Gasteiger partial charge in [0, 0.05) is 24.4 Å². The minimum absolute atomic E-state index is 0.352. The quantitative estimate of drug-likeness (QED) is 0.834. The lowest BCUT2D eigenvalue weighted by atomic mass is 10.0. The molecule has 0 saturated carbocycles. The van der Waals surface area contributed by atoms with Crippen LogP contribution in [-0.2, 0) is 4.79 Å². The zero-order valence-corrected chi connectivity index (χ0v) is 10.8. The first-order valence-electron chi connectivity index (χ1n) is 6.34. The highest BCUT2D eigenvalue weighted by atomic mass is 19.2. The molecule has 2 aromatic rings. The Hall–Kier alpha value is -2.50. The van der Waals surface area contributed by atoms with Crippen LogP contribution in [0, 0.1) is 17.5 Å². The first kappa shape index (κ1) is 13.5. The average molecular weight is 292 g/mol. The van der Waals surface area contributed by atoms with E-state index >= 15 is 0 Å². The third-order valence-corrected chi connectivity index (χ3v) is 3.40. The Morgan fingerprint density at radius 3 is 2.76 bits per heavy atom. The van der Waals surface area contributed by atoms with Gasteiger partial charge in [0.15, 0.2) is 11.6 Å². The number of hydrogen-bond donors (Lipinski definition) is 2.